The van der Waals surface area contributed by atoms with Gasteiger partial charge in [-0.15, -0.1) is 0 Å². The van der Waals surface area contributed by atoms with Gasteiger partial charge in [-0.1, -0.05) is 26.3 Å². The maximum absolute atomic E-state index is 4.41. The van der Waals surface area contributed by atoms with Crippen LogP contribution in [0.2, 0.25) is 0 Å². The fourth-order valence-electron chi connectivity index (χ4n) is 1.28. The first-order valence-electron chi connectivity index (χ1n) is 4.36. The van der Waals surface area contributed by atoms with Crippen LogP contribution in [-0.4, -0.2) is 4.98 Å². The average molecular weight is 228 g/mol. The summed E-state index contributed by atoms with van der Waals surface area (Å²) in [6.07, 6.45) is 2.43. The molecule has 12 heavy (non-hydrogen) atoms. The smallest absolute Gasteiger partial charge is 0.106 e. The third-order valence-electron chi connectivity index (χ3n) is 1.96. The molecule has 0 amide bonds. The lowest BCUT2D eigenvalue weighted by molar-refractivity contribution is 0.646. The van der Waals surface area contributed by atoms with Crippen LogP contribution in [0.5, 0.6) is 0 Å². The molecular weight excluding hydrogens is 214 g/mol. The summed E-state index contributed by atoms with van der Waals surface area (Å²) in [5.74, 6) is 0.576. The second-order valence-corrected chi connectivity index (χ2v) is 3.89. The highest BCUT2D eigenvalue weighted by atomic mass is 79.9. The molecule has 1 heterocycles. The second-order valence-electron chi connectivity index (χ2n) is 3.07. The zero-order valence-electron chi connectivity index (χ0n) is 7.55. The molecule has 1 nitrogen and oxygen atoms in total. The van der Waals surface area contributed by atoms with E-state index in [-0.39, 0.29) is 0 Å². The molecule has 0 unspecified atom stereocenters. The largest absolute Gasteiger partial charge is 0.246 e. The summed E-state index contributed by atoms with van der Waals surface area (Å²) in [6, 6.07) is 6.09. The van der Waals surface area contributed by atoms with Gasteiger partial charge in [0.05, 0.1) is 0 Å². The lowest BCUT2D eigenvalue weighted by atomic mass is 10.0. The molecule has 0 saturated carbocycles. The first-order valence-corrected chi connectivity index (χ1v) is 5.15. The molecular formula is C10H14BrN. The topological polar surface area (TPSA) is 12.9 Å². The molecule has 1 rings (SSSR count). The van der Waals surface area contributed by atoms with Crippen LogP contribution in [0.15, 0.2) is 22.8 Å². The third-order valence-corrected chi connectivity index (χ3v) is 2.40. The van der Waals surface area contributed by atoms with Crippen molar-refractivity contribution < 1.29 is 0 Å². The molecule has 1 aromatic rings. The SMILES string of the molecule is CCC[C@H](C)c1cccc(Br)n1. The van der Waals surface area contributed by atoms with Crippen molar-refractivity contribution in [1.82, 2.24) is 4.98 Å². The Morgan fingerprint density at radius 1 is 1.50 bits per heavy atom. The van der Waals surface area contributed by atoms with E-state index in [0.29, 0.717) is 5.92 Å². The molecule has 0 aliphatic rings. The van der Waals surface area contributed by atoms with E-state index in [4.69, 9.17) is 0 Å². The maximum Gasteiger partial charge on any atom is 0.106 e. The van der Waals surface area contributed by atoms with E-state index in [0.717, 1.165) is 4.60 Å². The molecule has 1 atom stereocenters. The van der Waals surface area contributed by atoms with E-state index >= 15 is 0 Å². The molecule has 0 aromatic carbocycles. The van der Waals surface area contributed by atoms with E-state index in [9.17, 15) is 0 Å². The minimum absolute atomic E-state index is 0.576. The van der Waals surface area contributed by atoms with Crippen molar-refractivity contribution in [3.8, 4) is 0 Å². The molecule has 0 spiro atoms. The lowest BCUT2D eigenvalue weighted by Gasteiger charge is -2.08. The number of hydrogen-bond acceptors (Lipinski definition) is 1. The maximum atomic E-state index is 4.41. The van der Waals surface area contributed by atoms with Gasteiger partial charge in [0.25, 0.3) is 0 Å². The molecule has 1 aromatic heterocycles. The summed E-state index contributed by atoms with van der Waals surface area (Å²) in [4.78, 5) is 4.41. The quantitative estimate of drug-likeness (QED) is 0.718. The average Bonchev–Trinajstić information content (AvgIpc) is 2.05. The molecule has 0 aliphatic carbocycles. The van der Waals surface area contributed by atoms with Crippen molar-refractivity contribution in [2.75, 3.05) is 0 Å². The van der Waals surface area contributed by atoms with Gasteiger partial charge in [0.15, 0.2) is 0 Å². The van der Waals surface area contributed by atoms with Gasteiger partial charge in [0.1, 0.15) is 4.60 Å². The van der Waals surface area contributed by atoms with Crippen LogP contribution in [0.4, 0.5) is 0 Å². The van der Waals surface area contributed by atoms with Crippen molar-refractivity contribution in [3.63, 3.8) is 0 Å². The molecule has 66 valence electrons. The highest BCUT2D eigenvalue weighted by Crippen LogP contribution is 2.19. The van der Waals surface area contributed by atoms with Crippen LogP contribution >= 0.6 is 15.9 Å². The number of nitrogens with zero attached hydrogens (tertiary/aromatic N) is 1. The van der Waals surface area contributed by atoms with Gasteiger partial charge in [-0.3, -0.25) is 0 Å². The third kappa shape index (κ3) is 2.59. The monoisotopic (exact) mass is 227 g/mol. The van der Waals surface area contributed by atoms with E-state index in [1.54, 1.807) is 0 Å². The highest BCUT2D eigenvalue weighted by Gasteiger charge is 2.04. The molecule has 0 fully saturated rings. The Labute approximate surface area is 82.3 Å². The first kappa shape index (κ1) is 9.72. The van der Waals surface area contributed by atoms with Gasteiger partial charge < -0.3 is 0 Å². The number of pyridine rings is 1. The van der Waals surface area contributed by atoms with Crippen molar-refractivity contribution in [2.24, 2.45) is 0 Å². The Hall–Kier alpha value is -0.370. The summed E-state index contributed by atoms with van der Waals surface area (Å²) in [5, 5.41) is 0. The van der Waals surface area contributed by atoms with Gasteiger partial charge in [-0.2, -0.15) is 0 Å². The Bertz CT molecular complexity index is 247. The van der Waals surface area contributed by atoms with Crippen LogP contribution in [0.3, 0.4) is 0 Å². The van der Waals surface area contributed by atoms with Crippen molar-refractivity contribution in [1.29, 1.82) is 0 Å². The number of rotatable bonds is 3. The minimum Gasteiger partial charge on any atom is -0.246 e. The lowest BCUT2D eigenvalue weighted by Crippen LogP contribution is -1.96. The van der Waals surface area contributed by atoms with Crippen molar-refractivity contribution >= 4 is 15.9 Å². The minimum atomic E-state index is 0.576. The highest BCUT2D eigenvalue weighted by molar-refractivity contribution is 9.10. The number of aromatic nitrogens is 1. The van der Waals surface area contributed by atoms with Crippen molar-refractivity contribution in [2.45, 2.75) is 32.6 Å². The normalized spacial score (nSPS) is 12.9. The van der Waals surface area contributed by atoms with Crippen LogP contribution in [0.1, 0.15) is 38.3 Å². The Morgan fingerprint density at radius 2 is 2.25 bits per heavy atom. The van der Waals surface area contributed by atoms with Crippen LogP contribution in [0.25, 0.3) is 0 Å². The zero-order valence-corrected chi connectivity index (χ0v) is 9.13. The molecule has 0 bridgehead atoms. The van der Waals surface area contributed by atoms with Gasteiger partial charge in [-0.25, -0.2) is 4.98 Å². The summed E-state index contributed by atoms with van der Waals surface area (Å²) < 4.78 is 0.933. The second kappa shape index (κ2) is 4.61. The first-order chi connectivity index (χ1) is 5.74. The van der Waals surface area contributed by atoms with Crippen molar-refractivity contribution in [3.05, 3.63) is 28.5 Å². The van der Waals surface area contributed by atoms with Crippen LogP contribution in [-0.2, 0) is 0 Å². The van der Waals surface area contributed by atoms with Gasteiger partial charge in [0.2, 0.25) is 0 Å². The van der Waals surface area contributed by atoms with Gasteiger partial charge >= 0.3 is 0 Å². The molecule has 0 saturated heterocycles. The summed E-state index contributed by atoms with van der Waals surface area (Å²) in [6.45, 7) is 4.42. The van der Waals surface area contributed by atoms with Crippen LogP contribution < -0.4 is 0 Å². The molecule has 2 heteroatoms. The summed E-state index contributed by atoms with van der Waals surface area (Å²) >= 11 is 3.37. The Kier molecular flexibility index (Phi) is 3.73. The summed E-state index contributed by atoms with van der Waals surface area (Å²) in [5.41, 5.74) is 1.19. The summed E-state index contributed by atoms with van der Waals surface area (Å²) in [7, 11) is 0. The molecule has 0 N–H and O–H groups in total. The predicted octanol–water partition coefficient (Wildman–Crippen LogP) is 3.75. The van der Waals surface area contributed by atoms with E-state index in [1.165, 1.54) is 18.5 Å². The fraction of sp³-hybridized carbons (Fsp3) is 0.500. The number of halogens is 1. The Morgan fingerprint density at radius 3 is 2.83 bits per heavy atom. The van der Waals surface area contributed by atoms with E-state index in [1.807, 2.05) is 12.1 Å². The van der Waals surface area contributed by atoms with Crippen LogP contribution in [0, 0.1) is 0 Å². The number of hydrogen-bond donors (Lipinski definition) is 0. The van der Waals surface area contributed by atoms with E-state index < -0.39 is 0 Å². The molecule has 0 radical (unpaired) electrons. The Balaban J connectivity index is 2.73. The zero-order chi connectivity index (χ0) is 8.97. The van der Waals surface area contributed by atoms with Gasteiger partial charge in [-0.05, 0) is 40.4 Å². The van der Waals surface area contributed by atoms with Gasteiger partial charge in [0, 0.05) is 5.69 Å². The standard InChI is InChI=1S/C10H14BrN/c1-3-5-8(2)9-6-4-7-10(11)12-9/h4,6-8H,3,5H2,1-2H3/t8-/m0/s1. The fourth-order valence-corrected chi connectivity index (χ4v) is 1.64. The van der Waals surface area contributed by atoms with E-state index in [2.05, 4.69) is 40.8 Å². The predicted molar refractivity (Wildman–Crippen MR) is 55.3 cm³/mol. The molecule has 0 aliphatic heterocycles.